The van der Waals surface area contributed by atoms with Crippen LogP contribution in [0.1, 0.15) is 16.7 Å². The van der Waals surface area contributed by atoms with Gasteiger partial charge in [0.2, 0.25) is 5.95 Å². The Kier molecular flexibility index (Phi) is 2.93. The SMILES string of the molecule is Nc1ncc2c(n1)-c1ccccc1C(c1ccccc1)=NC2. The number of anilines is 1. The summed E-state index contributed by atoms with van der Waals surface area (Å²) in [4.78, 5) is 13.3. The van der Waals surface area contributed by atoms with E-state index in [-0.39, 0.29) is 5.95 Å². The smallest absolute Gasteiger partial charge is 0.220 e. The van der Waals surface area contributed by atoms with Crippen molar-refractivity contribution in [3.05, 3.63) is 77.5 Å². The summed E-state index contributed by atoms with van der Waals surface area (Å²) in [5.74, 6) is 0.289. The fraction of sp³-hybridized carbons (Fsp3) is 0.0556. The van der Waals surface area contributed by atoms with Gasteiger partial charge in [-0.25, -0.2) is 9.97 Å². The summed E-state index contributed by atoms with van der Waals surface area (Å²) in [7, 11) is 0. The van der Waals surface area contributed by atoms with Gasteiger partial charge in [-0.1, -0.05) is 54.6 Å². The van der Waals surface area contributed by atoms with Crippen molar-refractivity contribution in [2.45, 2.75) is 6.54 Å². The van der Waals surface area contributed by atoms with Crippen molar-refractivity contribution in [3.8, 4) is 11.3 Å². The van der Waals surface area contributed by atoms with Gasteiger partial charge in [0, 0.05) is 28.5 Å². The van der Waals surface area contributed by atoms with Crippen molar-refractivity contribution in [3.63, 3.8) is 0 Å². The summed E-state index contributed by atoms with van der Waals surface area (Å²) >= 11 is 0. The topological polar surface area (TPSA) is 64.2 Å². The molecule has 22 heavy (non-hydrogen) atoms. The van der Waals surface area contributed by atoms with E-state index in [1.165, 1.54) is 0 Å². The second-order valence-electron chi connectivity index (χ2n) is 5.18. The highest BCUT2D eigenvalue weighted by molar-refractivity contribution is 6.16. The Morgan fingerprint density at radius 3 is 2.41 bits per heavy atom. The Balaban J connectivity index is 1.98. The Morgan fingerprint density at radius 1 is 0.864 bits per heavy atom. The molecule has 4 nitrogen and oxygen atoms in total. The van der Waals surface area contributed by atoms with Crippen LogP contribution in [0, 0.1) is 0 Å². The molecule has 0 fully saturated rings. The number of nitrogens with zero attached hydrogens (tertiary/aromatic N) is 3. The van der Waals surface area contributed by atoms with Gasteiger partial charge in [0.15, 0.2) is 0 Å². The molecule has 0 radical (unpaired) electrons. The fourth-order valence-electron chi connectivity index (χ4n) is 2.76. The average molecular weight is 286 g/mol. The summed E-state index contributed by atoms with van der Waals surface area (Å²) in [6.07, 6.45) is 1.77. The highest BCUT2D eigenvalue weighted by Crippen LogP contribution is 2.31. The van der Waals surface area contributed by atoms with E-state index in [2.05, 4.69) is 34.2 Å². The molecule has 0 saturated carbocycles. The Labute approximate surface area is 128 Å². The first-order valence-electron chi connectivity index (χ1n) is 7.14. The van der Waals surface area contributed by atoms with Crippen LogP contribution in [0.15, 0.2) is 65.8 Å². The Bertz CT molecular complexity index is 869. The summed E-state index contributed by atoms with van der Waals surface area (Å²) in [6.45, 7) is 0.550. The quantitative estimate of drug-likeness (QED) is 0.747. The largest absolute Gasteiger partial charge is 0.368 e. The van der Waals surface area contributed by atoms with Crippen molar-refractivity contribution in [1.82, 2.24) is 9.97 Å². The molecule has 0 saturated heterocycles. The number of rotatable bonds is 1. The average Bonchev–Trinajstić information content (AvgIpc) is 2.73. The summed E-state index contributed by atoms with van der Waals surface area (Å²) < 4.78 is 0. The van der Waals surface area contributed by atoms with Gasteiger partial charge in [-0.05, 0) is 0 Å². The second-order valence-corrected chi connectivity index (χ2v) is 5.18. The lowest BCUT2D eigenvalue weighted by Gasteiger charge is -2.10. The summed E-state index contributed by atoms with van der Waals surface area (Å²) in [5.41, 5.74) is 11.8. The number of nitrogen functional groups attached to an aromatic ring is 1. The number of nitrogens with two attached hydrogens (primary N) is 1. The molecule has 1 aromatic heterocycles. The molecule has 2 heterocycles. The molecular formula is C18H14N4. The van der Waals surface area contributed by atoms with Crippen LogP contribution >= 0.6 is 0 Å². The molecule has 0 amide bonds. The minimum atomic E-state index is 0.289. The van der Waals surface area contributed by atoms with Gasteiger partial charge in [-0.15, -0.1) is 0 Å². The lowest BCUT2D eigenvalue weighted by molar-refractivity contribution is 1.03. The first kappa shape index (κ1) is 12.7. The van der Waals surface area contributed by atoms with E-state index in [9.17, 15) is 0 Å². The van der Waals surface area contributed by atoms with Crippen LogP contribution < -0.4 is 5.73 Å². The van der Waals surface area contributed by atoms with Crippen LogP contribution in [0.3, 0.4) is 0 Å². The van der Waals surface area contributed by atoms with E-state index in [1.807, 2.05) is 30.3 Å². The van der Waals surface area contributed by atoms with E-state index in [1.54, 1.807) is 6.20 Å². The van der Waals surface area contributed by atoms with E-state index in [4.69, 9.17) is 10.7 Å². The standard InChI is InChI=1S/C18H14N4/c19-18-21-11-13-10-20-16(12-6-2-1-3-7-12)14-8-4-5-9-15(14)17(13)22-18/h1-9,11H,10H2,(H2,19,21,22). The van der Waals surface area contributed by atoms with Crippen molar-refractivity contribution in [2.24, 2.45) is 4.99 Å². The Morgan fingerprint density at radius 2 is 1.59 bits per heavy atom. The molecule has 1 aliphatic rings. The normalized spacial score (nSPS) is 12.8. The summed E-state index contributed by atoms with van der Waals surface area (Å²) in [5, 5.41) is 0. The van der Waals surface area contributed by atoms with Gasteiger partial charge < -0.3 is 5.73 Å². The highest BCUT2D eigenvalue weighted by atomic mass is 15.0. The number of hydrogen-bond donors (Lipinski definition) is 1. The van der Waals surface area contributed by atoms with E-state index in [0.29, 0.717) is 6.54 Å². The monoisotopic (exact) mass is 286 g/mol. The minimum absolute atomic E-state index is 0.289. The lowest BCUT2D eigenvalue weighted by atomic mass is 9.95. The molecule has 1 aliphatic heterocycles. The second kappa shape index (κ2) is 5.07. The maximum atomic E-state index is 5.78. The first-order valence-corrected chi connectivity index (χ1v) is 7.14. The zero-order valence-corrected chi connectivity index (χ0v) is 11.9. The van der Waals surface area contributed by atoms with Crippen LogP contribution in [0.5, 0.6) is 0 Å². The molecule has 4 heteroatoms. The molecule has 106 valence electrons. The van der Waals surface area contributed by atoms with Gasteiger partial charge in [0.25, 0.3) is 0 Å². The first-order chi connectivity index (χ1) is 10.8. The van der Waals surface area contributed by atoms with Gasteiger partial charge in [-0.2, -0.15) is 0 Å². The molecule has 0 atom stereocenters. The molecular weight excluding hydrogens is 272 g/mol. The Hall–Kier alpha value is -3.01. The maximum Gasteiger partial charge on any atom is 0.220 e. The number of aromatic nitrogens is 2. The lowest BCUT2D eigenvalue weighted by Crippen LogP contribution is -2.04. The van der Waals surface area contributed by atoms with Crippen LogP contribution in [0.4, 0.5) is 5.95 Å². The predicted molar refractivity (Wildman–Crippen MR) is 87.7 cm³/mol. The third kappa shape index (κ3) is 2.05. The molecule has 4 rings (SSSR count). The van der Waals surface area contributed by atoms with E-state index >= 15 is 0 Å². The number of hydrogen-bond acceptors (Lipinski definition) is 4. The third-order valence-electron chi connectivity index (χ3n) is 3.78. The van der Waals surface area contributed by atoms with Crippen molar-refractivity contribution in [2.75, 3.05) is 5.73 Å². The van der Waals surface area contributed by atoms with Crippen molar-refractivity contribution < 1.29 is 0 Å². The number of benzene rings is 2. The van der Waals surface area contributed by atoms with Gasteiger partial charge >= 0.3 is 0 Å². The molecule has 3 aromatic rings. The fourth-order valence-corrected chi connectivity index (χ4v) is 2.76. The number of fused-ring (bicyclic) bond motifs is 3. The molecule has 0 unspecified atom stereocenters. The maximum absolute atomic E-state index is 5.78. The zero-order chi connectivity index (χ0) is 14.9. The van der Waals surface area contributed by atoms with E-state index < -0.39 is 0 Å². The van der Waals surface area contributed by atoms with Crippen molar-refractivity contribution in [1.29, 1.82) is 0 Å². The van der Waals surface area contributed by atoms with Gasteiger partial charge in [-0.3, -0.25) is 4.99 Å². The molecule has 2 N–H and O–H groups in total. The van der Waals surface area contributed by atoms with Crippen LogP contribution in [0.25, 0.3) is 11.3 Å². The molecule has 0 spiro atoms. The molecule has 0 aliphatic carbocycles. The van der Waals surface area contributed by atoms with Gasteiger partial charge in [0.05, 0.1) is 18.0 Å². The van der Waals surface area contributed by atoms with Crippen LogP contribution in [-0.4, -0.2) is 15.7 Å². The molecule has 0 bridgehead atoms. The predicted octanol–water partition coefficient (Wildman–Crippen LogP) is 3.08. The highest BCUT2D eigenvalue weighted by Gasteiger charge is 2.19. The minimum Gasteiger partial charge on any atom is -0.368 e. The third-order valence-corrected chi connectivity index (χ3v) is 3.78. The van der Waals surface area contributed by atoms with Gasteiger partial charge in [0.1, 0.15) is 0 Å². The number of aliphatic imine (C=N–C) groups is 1. The van der Waals surface area contributed by atoms with Crippen molar-refractivity contribution >= 4 is 11.7 Å². The van der Waals surface area contributed by atoms with E-state index in [0.717, 1.165) is 33.7 Å². The van der Waals surface area contributed by atoms with Crippen LogP contribution in [0.2, 0.25) is 0 Å². The zero-order valence-electron chi connectivity index (χ0n) is 11.9. The summed E-state index contributed by atoms with van der Waals surface area (Å²) in [6, 6.07) is 18.4. The van der Waals surface area contributed by atoms with Crippen LogP contribution in [-0.2, 0) is 6.54 Å². The molecule has 2 aromatic carbocycles.